The Labute approximate surface area is 109 Å². The zero-order valence-electron chi connectivity index (χ0n) is 9.33. The zero-order chi connectivity index (χ0) is 12.6. The molecule has 0 spiro atoms. The van der Waals surface area contributed by atoms with Crippen molar-refractivity contribution in [3.8, 4) is 17.3 Å². The summed E-state index contributed by atoms with van der Waals surface area (Å²) in [6.45, 7) is 1.85. The standard InChI is InChI=1S/C12H9Cl2N3/c1-7-11(6-15)17(2)16-12(7)9-5-8(13)3-4-10(9)14/h3-5H,1-2H3. The maximum atomic E-state index is 9.01. The Balaban J connectivity index is 2.70. The van der Waals surface area contributed by atoms with Crippen LogP contribution in [0.2, 0.25) is 10.0 Å². The number of nitrogens with zero attached hydrogens (tertiary/aromatic N) is 3. The summed E-state index contributed by atoms with van der Waals surface area (Å²) in [5.41, 5.74) is 2.76. The molecule has 0 saturated carbocycles. The van der Waals surface area contributed by atoms with Gasteiger partial charge in [-0.15, -0.1) is 0 Å². The van der Waals surface area contributed by atoms with Crippen LogP contribution < -0.4 is 0 Å². The summed E-state index contributed by atoms with van der Waals surface area (Å²) in [5, 5.41) is 14.5. The van der Waals surface area contributed by atoms with E-state index in [2.05, 4.69) is 11.2 Å². The topological polar surface area (TPSA) is 41.6 Å². The fourth-order valence-corrected chi connectivity index (χ4v) is 2.10. The minimum absolute atomic E-state index is 0.524. The third-order valence-electron chi connectivity index (χ3n) is 2.57. The van der Waals surface area contributed by atoms with Crippen molar-refractivity contribution in [3.63, 3.8) is 0 Å². The van der Waals surface area contributed by atoms with Crippen LogP contribution in [0.1, 0.15) is 11.3 Å². The molecule has 0 aliphatic carbocycles. The molecule has 2 aromatic rings. The van der Waals surface area contributed by atoms with Crippen molar-refractivity contribution in [2.45, 2.75) is 6.92 Å². The van der Waals surface area contributed by atoms with Crippen molar-refractivity contribution in [1.29, 1.82) is 5.26 Å². The van der Waals surface area contributed by atoms with E-state index in [0.29, 0.717) is 21.4 Å². The van der Waals surface area contributed by atoms with Gasteiger partial charge in [-0.2, -0.15) is 10.4 Å². The number of hydrogen-bond acceptors (Lipinski definition) is 2. The van der Waals surface area contributed by atoms with Crippen LogP contribution in [-0.2, 0) is 7.05 Å². The van der Waals surface area contributed by atoms with Gasteiger partial charge in [-0.1, -0.05) is 23.2 Å². The molecule has 0 aliphatic rings. The highest BCUT2D eigenvalue weighted by atomic mass is 35.5. The second kappa shape index (κ2) is 4.40. The van der Waals surface area contributed by atoms with Gasteiger partial charge in [-0.25, -0.2) is 0 Å². The van der Waals surface area contributed by atoms with Gasteiger partial charge in [-0.05, 0) is 25.1 Å². The molecule has 0 radical (unpaired) electrons. The minimum atomic E-state index is 0.524. The lowest BCUT2D eigenvalue weighted by Crippen LogP contribution is -1.93. The van der Waals surface area contributed by atoms with E-state index in [4.69, 9.17) is 28.5 Å². The van der Waals surface area contributed by atoms with Crippen molar-refractivity contribution in [3.05, 3.63) is 39.5 Å². The predicted molar refractivity (Wildman–Crippen MR) is 68.1 cm³/mol. The third-order valence-corrected chi connectivity index (χ3v) is 3.14. The Bertz CT molecular complexity index is 623. The van der Waals surface area contributed by atoms with Gasteiger partial charge in [0, 0.05) is 23.2 Å². The van der Waals surface area contributed by atoms with Gasteiger partial charge in [-0.3, -0.25) is 4.68 Å². The highest BCUT2D eigenvalue weighted by molar-refractivity contribution is 6.35. The van der Waals surface area contributed by atoms with E-state index >= 15 is 0 Å². The molecule has 0 atom stereocenters. The number of halogens is 2. The van der Waals surface area contributed by atoms with Gasteiger partial charge in [0.05, 0.1) is 10.7 Å². The molecule has 2 rings (SSSR count). The molecule has 0 aliphatic heterocycles. The van der Waals surface area contributed by atoms with Gasteiger partial charge < -0.3 is 0 Å². The third kappa shape index (κ3) is 2.02. The average molecular weight is 266 g/mol. The second-order valence-electron chi connectivity index (χ2n) is 3.68. The lowest BCUT2D eigenvalue weighted by molar-refractivity contribution is 0.758. The molecule has 0 fully saturated rings. The van der Waals surface area contributed by atoms with E-state index in [1.54, 1.807) is 29.9 Å². The molecule has 0 bridgehead atoms. The molecular weight excluding hydrogens is 257 g/mol. The smallest absolute Gasteiger partial charge is 0.141 e. The monoisotopic (exact) mass is 265 g/mol. The van der Waals surface area contributed by atoms with Crippen LogP contribution in [0.3, 0.4) is 0 Å². The van der Waals surface area contributed by atoms with E-state index in [-0.39, 0.29) is 0 Å². The molecule has 0 unspecified atom stereocenters. The molecule has 1 aromatic heterocycles. The van der Waals surface area contributed by atoms with Crippen molar-refractivity contribution in [1.82, 2.24) is 9.78 Å². The fraction of sp³-hybridized carbons (Fsp3) is 0.167. The summed E-state index contributed by atoms with van der Waals surface area (Å²) in [5.74, 6) is 0. The molecule has 3 nitrogen and oxygen atoms in total. The second-order valence-corrected chi connectivity index (χ2v) is 4.53. The number of benzene rings is 1. The molecule has 86 valence electrons. The van der Waals surface area contributed by atoms with Gasteiger partial charge in [0.25, 0.3) is 0 Å². The van der Waals surface area contributed by atoms with Crippen LogP contribution in [0.15, 0.2) is 18.2 Å². The first kappa shape index (κ1) is 12.0. The fourth-order valence-electron chi connectivity index (χ4n) is 1.72. The molecule has 1 heterocycles. The Hall–Kier alpha value is -1.50. The summed E-state index contributed by atoms with van der Waals surface area (Å²) >= 11 is 12.1. The zero-order valence-corrected chi connectivity index (χ0v) is 10.8. The molecule has 5 heteroatoms. The van der Waals surface area contributed by atoms with E-state index in [0.717, 1.165) is 11.1 Å². The van der Waals surface area contributed by atoms with Crippen LogP contribution in [0.25, 0.3) is 11.3 Å². The van der Waals surface area contributed by atoms with Crippen molar-refractivity contribution in [2.75, 3.05) is 0 Å². The van der Waals surface area contributed by atoms with Crippen molar-refractivity contribution in [2.24, 2.45) is 7.05 Å². The molecular formula is C12H9Cl2N3. The number of rotatable bonds is 1. The summed E-state index contributed by atoms with van der Waals surface area (Å²) < 4.78 is 1.54. The van der Waals surface area contributed by atoms with Gasteiger partial charge in [0.15, 0.2) is 0 Å². The van der Waals surface area contributed by atoms with Gasteiger partial charge in [0.1, 0.15) is 11.8 Å². The molecule has 17 heavy (non-hydrogen) atoms. The SMILES string of the molecule is Cc1c(-c2cc(Cl)ccc2Cl)nn(C)c1C#N. The Kier molecular flexibility index (Phi) is 3.10. The van der Waals surface area contributed by atoms with Gasteiger partial charge >= 0.3 is 0 Å². The van der Waals surface area contributed by atoms with Crippen molar-refractivity contribution < 1.29 is 0 Å². The molecule has 1 aromatic carbocycles. The number of aryl methyl sites for hydroxylation is 1. The Morgan fingerprint density at radius 3 is 2.65 bits per heavy atom. The van der Waals surface area contributed by atoms with Gasteiger partial charge in [0.2, 0.25) is 0 Å². The van der Waals surface area contributed by atoms with Crippen LogP contribution in [0.4, 0.5) is 0 Å². The van der Waals surface area contributed by atoms with E-state index in [9.17, 15) is 0 Å². The first-order valence-corrected chi connectivity index (χ1v) is 5.69. The van der Waals surface area contributed by atoms with E-state index in [1.807, 2.05) is 6.92 Å². The lowest BCUT2D eigenvalue weighted by atomic mass is 10.1. The van der Waals surface area contributed by atoms with E-state index in [1.165, 1.54) is 0 Å². The summed E-state index contributed by atoms with van der Waals surface area (Å²) in [4.78, 5) is 0. The molecule has 0 N–H and O–H groups in total. The average Bonchev–Trinajstić information content (AvgIpc) is 2.57. The normalized spacial score (nSPS) is 10.3. The first-order chi connectivity index (χ1) is 8.04. The highest BCUT2D eigenvalue weighted by Crippen LogP contribution is 2.32. The Morgan fingerprint density at radius 1 is 1.35 bits per heavy atom. The largest absolute Gasteiger partial charge is 0.257 e. The lowest BCUT2D eigenvalue weighted by Gasteiger charge is -2.02. The summed E-state index contributed by atoms with van der Waals surface area (Å²) in [6, 6.07) is 7.30. The van der Waals surface area contributed by atoms with Crippen molar-refractivity contribution >= 4 is 23.2 Å². The number of nitriles is 1. The van der Waals surface area contributed by atoms with Crippen LogP contribution in [0.5, 0.6) is 0 Å². The highest BCUT2D eigenvalue weighted by Gasteiger charge is 2.16. The molecule has 0 saturated heterocycles. The summed E-state index contributed by atoms with van der Waals surface area (Å²) in [7, 11) is 1.73. The first-order valence-electron chi connectivity index (χ1n) is 4.93. The Morgan fingerprint density at radius 2 is 2.06 bits per heavy atom. The number of hydrogen-bond donors (Lipinski definition) is 0. The van der Waals surface area contributed by atoms with E-state index < -0.39 is 0 Å². The van der Waals surface area contributed by atoms with Crippen LogP contribution in [0, 0.1) is 18.3 Å². The maximum absolute atomic E-state index is 9.01. The number of aromatic nitrogens is 2. The quantitative estimate of drug-likeness (QED) is 0.791. The predicted octanol–water partition coefficient (Wildman–Crippen LogP) is 3.57. The van der Waals surface area contributed by atoms with Crippen LogP contribution >= 0.6 is 23.2 Å². The van der Waals surface area contributed by atoms with Crippen LogP contribution in [-0.4, -0.2) is 9.78 Å². The minimum Gasteiger partial charge on any atom is -0.257 e. The summed E-state index contributed by atoms with van der Waals surface area (Å²) in [6.07, 6.45) is 0. The maximum Gasteiger partial charge on any atom is 0.141 e. The molecule has 0 amide bonds.